The molecule has 0 saturated carbocycles. The minimum atomic E-state index is -0.964. The van der Waals surface area contributed by atoms with E-state index in [-0.39, 0.29) is 23.6 Å². The summed E-state index contributed by atoms with van der Waals surface area (Å²) in [6, 6.07) is 18.2. The molecule has 1 unspecified atom stereocenters. The van der Waals surface area contributed by atoms with Gasteiger partial charge in [0, 0.05) is 32.0 Å². The lowest BCUT2D eigenvalue weighted by molar-refractivity contribution is -0.0281. The van der Waals surface area contributed by atoms with Crippen LogP contribution < -0.4 is 0 Å². The summed E-state index contributed by atoms with van der Waals surface area (Å²) in [4.78, 5) is 17.5. The maximum Gasteiger partial charge on any atom is 0.337 e. The molecule has 0 spiro atoms. The Kier molecular flexibility index (Phi) is 6.70. The van der Waals surface area contributed by atoms with Crippen LogP contribution in [0.4, 0.5) is 4.39 Å². The van der Waals surface area contributed by atoms with E-state index < -0.39 is 5.97 Å². The molecular formula is C25H25FN2O3. The first-order valence-electron chi connectivity index (χ1n) is 10.4. The zero-order valence-corrected chi connectivity index (χ0v) is 17.2. The molecule has 1 atom stereocenters. The second kappa shape index (κ2) is 9.81. The highest BCUT2D eigenvalue weighted by atomic mass is 19.1. The molecule has 160 valence electrons. The van der Waals surface area contributed by atoms with Gasteiger partial charge in [0.15, 0.2) is 0 Å². The number of hydrogen-bond donors (Lipinski definition) is 1. The molecule has 2 heterocycles. The van der Waals surface area contributed by atoms with Gasteiger partial charge in [-0.25, -0.2) is 9.18 Å². The Morgan fingerprint density at radius 3 is 2.42 bits per heavy atom. The van der Waals surface area contributed by atoms with Gasteiger partial charge in [0.1, 0.15) is 11.9 Å². The number of benzene rings is 2. The molecule has 0 radical (unpaired) electrons. The molecule has 1 N–H and O–H groups in total. The predicted octanol–water partition coefficient (Wildman–Crippen LogP) is 4.69. The van der Waals surface area contributed by atoms with Gasteiger partial charge < -0.3 is 9.84 Å². The highest BCUT2D eigenvalue weighted by Crippen LogP contribution is 2.30. The Balaban J connectivity index is 1.39. The van der Waals surface area contributed by atoms with Crippen LogP contribution >= 0.6 is 0 Å². The zero-order chi connectivity index (χ0) is 21.6. The number of carbonyl (C=O) groups is 1. The summed E-state index contributed by atoms with van der Waals surface area (Å²) in [6.07, 6.45) is 4.68. The molecule has 3 aromatic rings. The molecule has 1 aliphatic heterocycles. The van der Waals surface area contributed by atoms with Gasteiger partial charge in [-0.1, -0.05) is 42.5 Å². The second-order valence-electron chi connectivity index (χ2n) is 7.84. The topological polar surface area (TPSA) is 62.7 Å². The third-order valence-corrected chi connectivity index (χ3v) is 5.59. The number of aromatic carboxylic acids is 1. The fraction of sp³-hybridized carbons (Fsp3) is 0.280. The standard InChI is InChI=1S/C25H25FN2O3/c26-22-8-6-20(7-9-22)24(19-4-2-1-3-5-19)31-23-10-12-28(13-11-23)17-18-14-21(25(29)30)16-27-15-18/h1-9,14-16,23-24H,10-13,17H2,(H,29,30). The van der Waals surface area contributed by atoms with E-state index in [0.717, 1.165) is 42.6 Å². The molecule has 2 aromatic carbocycles. The number of piperidine rings is 1. The van der Waals surface area contributed by atoms with E-state index in [4.69, 9.17) is 9.84 Å². The minimum absolute atomic E-state index is 0.0926. The van der Waals surface area contributed by atoms with Crippen molar-refractivity contribution in [2.24, 2.45) is 0 Å². The minimum Gasteiger partial charge on any atom is -0.478 e. The second-order valence-corrected chi connectivity index (χ2v) is 7.84. The van der Waals surface area contributed by atoms with Crippen LogP contribution in [0.2, 0.25) is 0 Å². The van der Waals surface area contributed by atoms with E-state index in [9.17, 15) is 9.18 Å². The van der Waals surface area contributed by atoms with Crippen LogP contribution in [0.25, 0.3) is 0 Å². The van der Waals surface area contributed by atoms with Crippen molar-refractivity contribution in [2.45, 2.75) is 31.6 Å². The summed E-state index contributed by atoms with van der Waals surface area (Å²) in [6.45, 7) is 2.38. The third-order valence-electron chi connectivity index (χ3n) is 5.59. The van der Waals surface area contributed by atoms with Gasteiger partial charge in [-0.05, 0) is 47.7 Å². The Labute approximate surface area is 181 Å². The van der Waals surface area contributed by atoms with Gasteiger partial charge in [0.25, 0.3) is 0 Å². The average Bonchev–Trinajstić information content (AvgIpc) is 2.80. The highest BCUT2D eigenvalue weighted by Gasteiger charge is 2.25. The van der Waals surface area contributed by atoms with Crippen molar-refractivity contribution in [3.05, 3.63) is 101 Å². The fourth-order valence-electron chi connectivity index (χ4n) is 3.96. The molecule has 1 saturated heterocycles. The molecule has 1 fully saturated rings. The molecule has 4 rings (SSSR count). The quantitative estimate of drug-likeness (QED) is 0.601. The number of nitrogens with zero attached hydrogens (tertiary/aromatic N) is 2. The van der Waals surface area contributed by atoms with Crippen molar-refractivity contribution < 1.29 is 19.0 Å². The number of carboxylic acids is 1. The van der Waals surface area contributed by atoms with Gasteiger partial charge in [-0.2, -0.15) is 0 Å². The molecule has 6 heteroatoms. The number of likely N-dealkylation sites (tertiary alicyclic amines) is 1. The fourth-order valence-corrected chi connectivity index (χ4v) is 3.96. The summed E-state index contributed by atoms with van der Waals surface area (Å²) in [5.74, 6) is -1.22. The molecule has 0 amide bonds. The molecule has 0 bridgehead atoms. The first-order valence-corrected chi connectivity index (χ1v) is 10.4. The van der Waals surface area contributed by atoms with Crippen molar-refractivity contribution in [2.75, 3.05) is 13.1 Å². The average molecular weight is 420 g/mol. The van der Waals surface area contributed by atoms with Gasteiger partial charge in [0.05, 0.1) is 11.7 Å². The Bertz CT molecular complexity index is 1000. The van der Waals surface area contributed by atoms with Crippen molar-refractivity contribution in [1.82, 2.24) is 9.88 Å². The van der Waals surface area contributed by atoms with Gasteiger partial charge in [0.2, 0.25) is 0 Å². The molecule has 5 nitrogen and oxygen atoms in total. The normalized spacial score (nSPS) is 16.2. The van der Waals surface area contributed by atoms with Gasteiger partial charge >= 0.3 is 5.97 Å². The van der Waals surface area contributed by atoms with Crippen LogP contribution in [0.1, 0.15) is 46.0 Å². The van der Waals surface area contributed by atoms with E-state index >= 15 is 0 Å². The van der Waals surface area contributed by atoms with E-state index in [0.29, 0.717) is 6.54 Å². The lowest BCUT2D eigenvalue weighted by Gasteiger charge is -2.34. The SMILES string of the molecule is O=C(O)c1cncc(CN2CCC(OC(c3ccccc3)c3ccc(F)cc3)CC2)c1. The Hall–Kier alpha value is -3.09. The Morgan fingerprint density at radius 1 is 1.06 bits per heavy atom. The van der Waals surface area contributed by atoms with Crippen LogP contribution in [-0.2, 0) is 11.3 Å². The summed E-state index contributed by atoms with van der Waals surface area (Å²) in [5, 5.41) is 9.15. The van der Waals surface area contributed by atoms with Crippen molar-refractivity contribution in [1.29, 1.82) is 0 Å². The van der Waals surface area contributed by atoms with Crippen LogP contribution in [0.15, 0.2) is 73.1 Å². The number of halogens is 1. The number of rotatable bonds is 7. The lowest BCUT2D eigenvalue weighted by atomic mass is 10.00. The molecule has 31 heavy (non-hydrogen) atoms. The van der Waals surface area contributed by atoms with E-state index in [1.807, 2.05) is 30.3 Å². The zero-order valence-electron chi connectivity index (χ0n) is 17.2. The Morgan fingerprint density at radius 2 is 1.74 bits per heavy atom. The summed E-state index contributed by atoms with van der Waals surface area (Å²) in [5.41, 5.74) is 3.09. The number of pyridine rings is 1. The largest absolute Gasteiger partial charge is 0.478 e. The van der Waals surface area contributed by atoms with Gasteiger partial charge in [-0.15, -0.1) is 0 Å². The number of hydrogen-bond acceptors (Lipinski definition) is 4. The van der Waals surface area contributed by atoms with Crippen molar-refractivity contribution >= 4 is 5.97 Å². The summed E-state index contributed by atoms with van der Waals surface area (Å²) >= 11 is 0. The van der Waals surface area contributed by atoms with Crippen LogP contribution in [0.5, 0.6) is 0 Å². The predicted molar refractivity (Wildman–Crippen MR) is 115 cm³/mol. The lowest BCUT2D eigenvalue weighted by Crippen LogP contribution is -2.37. The monoisotopic (exact) mass is 420 g/mol. The van der Waals surface area contributed by atoms with Crippen molar-refractivity contribution in [3.8, 4) is 0 Å². The van der Waals surface area contributed by atoms with Crippen LogP contribution in [0.3, 0.4) is 0 Å². The first-order chi connectivity index (χ1) is 15.1. The summed E-state index contributed by atoms with van der Waals surface area (Å²) in [7, 11) is 0. The van der Waals surface area contributed by atoms with Gasteiger partial charge in [-0.3, -0.25) is 9.88 Å². The van der Waals surface area contributed by atoms with Crippen molar-refractivity contribution in [3.63, 3.8) is 0 Å². The van der Waals surface area contributed by atoms with E-state index in [1.54, 1.807) is 24.4 Å². The highest BCUT2D eigenvalue weighted by molar-refractivity contribution is 5.87. The number of ether oxygens (including phenoxy) is 1. The maximum absolute atomic E-state index is 13.4. The van der Waals surface area contributed by atoms with E-state index in [2.05, 4.69) is 9.88 Å². The number of aromatic nitrogens is 1. The third kappa shape index (κ3) is 5.54. The van der Waals surface area contributed by atoms with Crippen LogP contribution in [0, 0.1) is 5.82 Å². The molecule has 1 aliphatic rings. The first kappa shape index (κ1) is 21.2. The molecule has 0 aliphatic carbocycles. The van der Waals surface area contributed by atoms with E-state index in [1.165, 1.54) is 18.3 Å². The maximum atomic E-state index is 13.4. The molecule has 1 aromatic heterocycles. The van der Waals surface area contributed by atoms with Crippen LogP contribution in [-0.4, -0.2) is 40.2 Å². The number of carboxylic acid groups (broad SMARTS) is 1. The summed E-state index contributed by atoms with van der Waals surface area (Å²) < 4.78 is 19.9. The smallest absolute Gasteiger partial charge is 0.337 e. The molecular weight excluding hydrogens is 395 g/mol.